The molecule has 1 aromatic rings. The van der Waals surface area contributed by atoms with Gasteiger partial charge in [0.15, 0.2) is 0 Å². The summed E-state index contributed by atoms with van der Waals surface area (Å²) >= 11 is 0. The van der Waals surface area contributed by atoms with E-state index in [9.17, 15) is 0 Å². The van der Waals surface area contributed by atoms with E-state index in [-0.39, 0.29) is 0 Å². The maximum atomic E-state index is 9.03. The predicted octanol–water partition coefficient (Wildman–Crippen LogP) is 2.53. The molecular weight excluding hydrogens is 144 g/mol. The lowest BCUT2D eigenvalue weighted by Gasteiger charge is -1.98. The van der Waals surface area contributed by atoms with Crippen molar-refractivity contribution in [1.29, 1.82) is 0 Å². The van der Waals surface area contributed by atoms with Crippen molar-refractivity contribution in [3.05, 3.63) is 29.8 Å². The van der Waals surface area contributed by atoms with Crippen LogP contribution < -0.4 is 0 Å². The Labute approximate surface area is 63.5 Å². The summed E-state index contributed by atoms with van der Waals surface area (Å²) in [6, 6.07) is 7.73. The molecule has 0 amide bonds. The quantitative estimate of drug-likeness (QED) is 0.616. The lowest BCUT2D eigenvalue weighted by atomic mass is 10.2. The Morgan fingerprint density at radius 2 is 1.80 bits per heavy atom. The first kappa shape index (κ1) is 7.51. The molecule has 54 valence electrons. The van der Waals surface area contributed by atoms with Crippen LogP contribution in [0.5, 0.6) is 0 Å². The molecule has 0 saturated carbocycles. The Hall–Kier alpha value is -0.600. The molecule has 0 aliphatic heterocycles. The summed E-state index contributed by atoms with van der Waals surface area (Å²) < 4.78 is 9.03. The lowest BCUT2D eigenvalue weighted by molar-refractivity contribution is 0.661. The Morgan fingerprint density at radius 1 is 1.30 bits per heavy atom. The highest BCUT2D eigenvalue weighted by molar-refractivity contribution is 8.09. The van der Waals surface area contributed by atoms with E-state index in [1.54, 1.807) is 0 Å². The minimum absolute atomic E-state index is 0.837. The highest BCUT2D eigenvalue weighted by atomic mass is 32.2. The standard InChI is InChI=1S/C8H10OS/c1-7-3-5-8(6-4-7)10(2)9/h3-6,9H,2H2,1H3. The van der Waals surface area contributed by atoms with Crippen LogP contribution >= 0.6 is 10.8 Å². The van der Waals surface area contributed by atoms with Crippen LogP contribution in [0, 0.1) is 6.92 Å². The van der Waals surface area contributed by atoms with E-state index in [4.69, 9.17) is 4.55 Å². The van der Waals surface area contributed by atoms with Gasteiger partial charge in [0.05, 0.1) is 0 Å². The van der Waals surface area contributed by atoms with Crippen molar-refractivity contribution >= 4 is 16.6 Å². The van der Waals surface area contributed by atoms with Gasteiger partial charge in [0, 0.05) is 4.90 Å². The van der Waals surface area contributed by atoms with Gasteiger partial charge in [-0.15, -0.1) is 0 Å². The third-order valence-corrected chi connectivity index (χ3v) is 2.11. The van der Waals surface area contributed by atoms with Gasteiger partial charge < -0.3 is 4.55 Å². The zero-order valence-corrected chi connectivity index (χ0v) is 6.69. The third-order valence-electron chi connectivity index (χ3n) is 1.29. The van der Waals surface area contributed by atoms with Crippen molar-refractivity contribution < 1.29 is 4.55 Å². The van der Waals surface area contributed by atoms with Crippen LogP contribution in [0.25, 0.3) is 0 Å². The van der Waals surface area contributed by atoms with Crippen molar-refractivity contribution in [3.8, 4) is 0 Å². The molecule has 1 N–H and O–H groups in total. The van der Waals surface area contributed by atoms with Crippen molar-refractivity contribution in [2.45, 2.75) is 11.8 Å². The highest BCUT2D eigenvalue weighted by Gasteiger charge is 1.90. The summed E-state index contributed by atoms with van der Waals surface area (Å²) in [6.07, 6.45) is 0. The number of rotatable bonds is 1. The van der Waals surface area contributed by atoms with E-state index in [0.717, 1.165) is 4.90 Å². The van der Waals surface area contributed by atoms with Gasteiger partial charge >= 0.3 is 0 Å². The van der Waals surface area contributed by atoms with Crippen molar-refractivity contribution in [2.75, 3.05) is 0 Å². The Bertz CT molecular complexity index is 238. The molecule has 0 aromatic heterocycles. The fourth-order valence-electron chi connectivity index (χ4n) is 0.695. The molecular formula is C8H10OS. The smallest absolute Gasteiger partial charge is 0.0264 e. The molecule has 1 unspecified atom stereocenters. The molecule has 1 aromatic carbocycles. The molecule has 0 spiro atoms. The number of hydrogen-bond donors (Lipinski definition) is 1. The van der Waals surface area contributed by atoms with Gasteiger partial charge in [-0.2, -0.15) is 0 Å². The van der Waals surface area contributed by atoms with Crippen LogP contribution in [-0.2, 0) is 0 Å². The molecule has 0 aliphatic rings. The second-order valence-electron chi connectivity index (χ2n) is 2.18. The summed E-state index contributed by atoms with van der Waals surface area (Å²) in [4.78, 5) is 0.894. The molecule has 0 saturated heterocycles. The molecule has 0 radical (unpaired) electrons. The van der Waals surface area contributed by atoms with Gasteiger partial charge in [0.1, 0.15) is 0 Å². The van der Waals surface area contributed by atoms with Gasteiger partial charge in [-0.25, -0.2) is 0 Å². The maximum Gasteiger partial charge on any atom is 0.0264 e. The van der Waals surface area contributed by atoms with Crippen LogP contribution in [0.3, 0.4) is 0 Å². The SMILES string of the molecule is C=S(O)c1ccc(C)cc1. The molecule has 1 nitrogen and oxygen atoms in total. The number of benzene rings is 1. The minimum atomic E-state index is -0.837. The molecule has 0 fully saturated rings. The largest absolute Gasteiger partial charge is 0.333 e. The first-order chi connectivity index (χ1) is 4.70. The molecule has 1 rings (SSSR count). The zero-order chi connectivity index (χ0) is 7.56. The maximum absolute atomic E-state index is 9.03. The van der Waals surface area contributed by atoms with Crippen molar-refractivity contribution in [3.63, 3.8) is 0 Å². The van der Waals surface area contributed by atoms with Gasteiger partial charge in [0.2, 0.25) is 0 Å². The third kappa shape index (κ3) is 1.69. The fraction of sp³-hybridized carbons (Fsp3) is 0.125. The highest BCUT2D eigenvalue weighted by Crippen LogP contribution is 2.19. The molecule has 0 aliphatic carbocycles. The van der Waals surface area contributed by atoms with Crippen LogP contribution in [0.4, 0.5) is 0 Å². The lowest BCUT2D eigenvalue weighted by Crippen LogP contribution is -1.73. The topological polar surface area (TPSA) is 20.2 Å². The second kappa shape index (κ2) is 2.99. The summed E-state index contributed by atoms with van der Waals surface area (Å²) in [6.45, 7) is 2.02. The first-order valence-electron chi connectivity index (χ1n) is 3.00. The van der Waals surface area contributed by atoms with E-state index >= 15 is 0 Å². The Kier molecular flexibility index (Phi) is 2.25. The number of hydrogen-bond acceptors (Lipinski definition) is 1. The molecule has 0 heterocycles. The first-order valence-corrected chi connectivity index (χ1v) is 4.35. The van der Waals surface area contributed by atoms with Gasteiger partial charge in [-0.1, -0.05) is 17.7 Å². The summed E-state index contributed by atoms with van der Waals surface area (Å²) in [5.74, 6) is 3.52. The molecule has 0 bridgehead atoms. The fourth-order valence-corrected chi connectivity index (χ4v) is 1.15. The van der Waals surface area contributed by atoms with E-state index in [0.29, 0.717) is 0 Å². The van der Waals surface area contributed by atoms with Crippen LogP contribution in [0.2, 0.25) is 0 Å². The van der Waals surface area contributed by atoms with Crippen molar-refractivity contribution in [2.24, 2.45) is 0 Å². The van der Waals surface area contributed by atoms with Gasteiger partial charge in [-0.3, -0.25) is 0 Å². The summed E-state index contributed by atoms with van der Waals surface area (Å²) in [5.41, 5.74) is 1.20. The van der Waals surface area contributed by atoms with E-state index in [1.807, 2.05) is 31.2 Å². The average Bonchev–Trinajstić information content (AvgIpc) is 1.88. The van der Waals surface area contributed by atoms with Gasteiger partial charge in [0.25, 0.3) is 0 Å². The Balaban J connectivity index is 3.00. The van der Waals surface area contributed by atoms with Crippen LogP contribution in [0.1, 0.15) is 5.56 Å². The number of aryl methyl sites for hydroxylation is 1. The van der Waals surface area contributed by atoms with Crippen LogP contribution in [-0.4, -0.2) is 10.4 Å². The Morgan fingerprint density at radius 3 is 2.20 bits per heavy atom. The monoisotopic (exact) mass is 154 g/mol. The minimum Gasteiger partial charge on any atom is -0.333 e. The van der Waals surface area contributed by atoms with E-state index in [1.165, 1.54) is 5.56 Å². The molecule has 10 heavy (non-hydrogen) atoms. The summed E-state index contributed by atoms with van der Waals surface area (Å²) in [5, 5.41) is 0. The van der Waals surface area contributed by atoms with Gasteiger partial charge in [-0.05, 0) is 35.7 Å². The molecule has 1 atom stereocenters. The zero-order valence-electron chi connectivity index (χ0n) is 5.87. The second-order valence-corrected chi connectivity index (χ2v) is 3.38. The van der Waals surface area contributed by atoms with E-state index < -0.39 is 10.8 Å². The van der Waals surface area contributed by atoms with Crippen molar-refractivity contribution in [1.82, 2.24) is 0 Å². The van der Waals surface area contributed by atoms with E-state index in [2.05, 4.69) is 5.87 Å². The average molecular weight is 154 g/mol. The predicted molar refractivity (Wildman–Crippen MR) is 46.8 cm³/mol. The normalized spacial score (nSPS) is 13.0. The molecule has 2 heteroatoms. The van der Waals surface area contributed by atoms with Crippen LogP contribution in [0.15, 0.2) is 29.2 Å². The summed E-state index contributed by atoms with van der Waals surface area (Å²) in [7, 11) is -0.837.